The van der Waals surface area contributed by atoms with E-state index in [1.54, 1.807) is 40.6 Å². The standard InChI is InChI=1S/C24H34Cl2O6Si/c1-27-14-22-24(30-4)21(29-3)13-20(31-22)19-7-8-23(32-19)33(5,6)10-9-16-17(25)11-15(28-2)12-18(16)26/h7-8,11-12,20-22,24H,9-10,13-14H2,1-6H3/t20-,21-,22-,24+/m1/s1. The summed E-state index contributed by atoms with van der Waals surface area (Å²) in [5.41, 5.74) is 0.943. The number of benzene rings is 1. The van der Waals surface area contributed by atoms with Crippen molar-refractivity contribution in [1.29, 1.82) is 0 Å². The Kier molecular flexibility index (Phi) is 9.31. The molecule has 1 saturated heterocycles. The zero-order chi connectivity index (χ0) is 24.2. The summed E-state index contributed by atoms with van der Waals surface area (Å²) < 4.78 is 34.6. The molecule has 6 nitrogen and oxygen atoms in total. The summed E-state index contributed by atoms with van der Waals surface area (Å²) in [5, 5.41) is 2.28. The third-order valence-corrected chi connectivity index (χ3v) is 10.2. The highest BCUT2D eigenvalue weighted by Crippen LogP contribution is 2.35. The van der Waals surface area contributed by atoms with Crippen molar-refractivity contribution in [3.8, 4) is 5.75 Å². The van der Waals surface area contributed by atoms with E-state index in [1.807, 2.05) is 6.07 Å². The molecule has 9 heteroatoms. The van der Waals surface area contributed by atoms with Crippen molar-refractivity contribution >= 4 is 36.7 Å². The van der Waals surface area contributed by atoms with Crippen LogP contribution in [0.5, 0.6) is 5.75 Å². The lowest BCUT2D eigenvalue weighted by Gasteiger charge is -2.39. The first kappa shape index (κ1) is 26.5. The zero-order valence-electron chi connectivity index (χ0n) is 20.2. The molecular formula is C24H34Cl2O6Si. The number of methoxy groups -OCH3 is 4. The Bertz CT molecular complexity index is 895. The molecule has 0 unspecified atom stereocenters. The van der Waals surface area contributed by atoms with Gasteiger partial charge in [0.05, 0.1) is 25.2 Å². The number of ether oxygens (including phenoxy) is 5. The van der Waals surface area contributed by atoms with Crippen LogP contribution in [-0.4, -0.2) is 61.4 Å². The van der Waals surface area contributed by atoms with Gasteiger partial charge in [-0.05, 0) is 42.3 Å². The third-order valence-electron chi connectivity index (χ3n) is 6.39. The molecule has 0 spiro atoms. The average molecular weight is 518 g/mol. The summed E-state index contributed by atoms with van der Waals surface area (Å²) in [5.74, 6) is 1.47. The van der Waals surface area contributed by atoms with Gasteiger partial charge in [0.15, 0.2) is 0 Å². The molecular weight excluding hydrogens is 483 g/mol. The van der Waals surface area contributed by atoms with Gasteiger partial charge in [-0.25, -0.2) is 0 Å². The molecule has 0 bridgehead atoms. The van der Waals surface area contributed by atoms with E-state index < -0.39 is 8.07 Å². The number of rotatable bonds is 10. The molecule has 4 atom stereocenters. The summed E-state index contributed by atoms with van der Waals surface area (Å²) in [6.45, 7) is 5.00. The predicted octanol–water partition coefficient (Wildman–Crippen LogP) is 5.26. The number of hydrogen-bond acceptors (Lipinski definition) is 6. The fourth-order valence-electron chi connectivity index (χ4n) is 4.33. The highest BCUT2D eigenvalue weighted by molar-refractivity contribution is 6.88. The maximum atomic E-state index is 6.46. The molecule has 0 N–H and O–H groups in total. The quantitative estimate of drug-likeness (QED) is 0.401. The van der Waals surface area contributed by atoms with E-state index in [2.05, 4.69) is 19.2 Å². The fraction of sp³-hybridized carbons (Fsp3) is 0.583. The molecule has 2 heterocycles. The molecule has 1 aromatic heterocycles. The van der Waals surface area contributed by atoms with Crippen molar-refractivity contribution < 1.29 is 28.1 Å². The Morgan fingerprint density at radius 1 is 1.03 bits per heavy atom. The maximum absolute atomic E-state index is 6.46. The summed E-state index contributed by atoms with van der Waals surface area (Å²) in [7, 11) is 4.72. The number of hydrogen-bond donors (Lipinski definition) is 0. The Balaban J connectivity index is 1.73. The van der Waals surface area contributed by atoms with E-state index in [-0.39, 0.29) is 24.4 Å². The molecule has 3 rings (SSSR count). The first-order valence-electron chi connectivity index (χ1n) is 11.1. The first-order valence-corrected chi connectivity index (χ1v) is 15.0. The second-order valence-electron chi connectivity index (χ2n) is 8.98. The Labute approximate surface area is 207 Å². The van der Waals surface area contributed by atoms with Gasteiger partial charge in [0.25, 0.3) is 0 Å². The summed E-state index contributed by atoms with van der Waals surface area (Å²) >= 11 is 12.9. The predicted molar refractivity (Wildman–Crippen MR) is 133 cm³/mol. The largest absolute Gasteiger partial charge is 0.497 e. The van der Waals surface area contributed by atoms with E-state index in [0.717, 1.165) is 29.2 Å². The molecule has 1 aromatic carbocycles. The Morgan fingerprint density at radius 2 is 1.73 bits per heavy atom. The third kappa shape index (κ3) is 6.14. The van der Waals surface area contributed by atoms with Gasteiger partial charge in [0.1, 0.15) is 37.9 Å². The van der Waals surface area contributed by atoms with Crippen molar-refractivity contribution in [1.82, 2.24) is 0 Å². The molecule has 1 fully saturated rings. The van der Waals surface area contributed by atoms with Crippen LogP contribution in [0.15, 0.2) is 28.7 Å². The van der Waals surface area contributed by atoms with Gasteiger partial charge in [0.2, 0.25) is 0 Å². The topological polar surface area (TPSA) is 59.3 Å². The molecule has 0 radical (unpaired) electrons. The maximum Gasteiger partial charge on any atom is 0.132 e. The van der Waals surface area contributed by atoms with Crippen LogP contribution in [0.2, 0.25) is 29.2 Å². The Hall–Kier alpha value is -1.06. The summed E-state index contributed by atoms with van der Waals surface area (Å²) in [6, 6.07) is 8.65. The molecule has 33 heavy (non-hydrogen) atoms. The lowest BCUT2D eigenvalue weighted by molar-refractivity contribution is -0.203. The van der Waals surface area contributed by atoms with Crippen LogP contribution < -0.4 is 10.1 Å². The van der Waals surface area contributed by atoms with Crippen LogP contribution in [-0.2, 0) is 25.4 Å². The van der Waals surface area contributed by atoms with Crippen LogP contribution in [0.4, 0.5) is 0 Å². The van der Waals surface area contributed by atoms with Crippen LogP contribution >= 0.6 is 23.2 Å². The van der Waals surface area contributed by atoms with Crippen molar-refractivity contribution in [2.75, 3.05) is 35.0 Å². The highest BCUT2D eigenvalue weighted by Gasteiger charge is 2.41. The van der Waals surface area contributed by atoms with E-state index in [4.69, 9.17) is 51.3 Å². The second-order valence-corrected chi connectivity index (χ2v) is 14.6. The van der Waals surface area contributed by atoms with Gasteiger partial charge >= 0.3 is 0 Å². The molecule has 0 amide bonds. The van der Waals surface area contributed by atoms with Crippen LogP contribution in [0.1, 0.15) is 23.8 Å². The average Bonchev–Trinajstić information content (AvgIpc) is 3.29. The van der Waals surface area contributed by atoms with Crippen molar-refractivity contribution in [2.24, 2.45) is 0 Å². The molecule has 2 aromatic rings. The van der Waals surface area contributed by atoms with Crippen molar-refractivity contribution in [3.05, 3.63) is 45.6 Å². The van der Waals surface area contributed by atoms with E-state index >= 15 is 0 Å². The van der Waals surface area contributed by atoms with E-state index in [0.29, 0.717) is 28.8 Å². The minimum Gasteiger partial charge on any atom is -0.497 e. The SMILES string of the molecule is COC[C@H]1O[C@@H](c2ccc([Si](C)(C)CCc3c(Cl)cc(OC)cc3Cl)o2)C[C@@H](OC)[C@@H]1OC. The lowest BCUT2D eigenvalue weighted by Crippen LogP contribution is -2.49. The first-order chi connectivity index (χ1) is 15.7. The Morgan fingerprint density at radius 3 is 2.30 bits per heavy atom. The van der Waals surface area contributed by atoms with Gasteiger partial charge in [-0.15, -0.1) is 0 Å². The lowest BCUT2D eigenvalue weighted by atomic mass is 9.96. The smallest absolute Gasteiger partial charge is 0.132 e. The van der Waals surface area contributed by atoms with Gasteiger partial charge in [0, 0.05) is 37.8 Å². The minimum absolute atomic E-state index is 0.105. The molecule has 1 aliphatic heterocycles. The van der Waals surface area contributed by atoms with Gasteiger partial charge < -0.3 is 28.1 Å². The monoisotopic (exact) mass is 516 g/mol. The normalized spacial score (nSPS) is 23.6. The van der Waals surface area contributed by atoms with Crippen molar-refractivity contribution in [3.63, 3.8) is 0 Å². The van der Waals surface area contributed by atoms with Gasteiger partial charge in [-0.3, -0.25) is 0 Å². The molecule has 1 aliphatic rings. The minimum atomic E-state index is -1.90. The van der Waals surface area contributed by atoms with Crippen LogP contribution in [0.3, 0.4) is 0 Å². The van der Waals surface area contributed by atoms with Gasteiger partial charge in [-0.1, -0.05) is 36.3 Å². The summed E-state index contributed by atoms with van der Waals surface area (Å²) in [6.07, 6.45) is 0.680. The van der Waals surface area contributed by atoms with E-state index in [1.165, 1.54) is 0 Å². The van der Waals surface area contributed by atoms with Crippen LogP contribution in [0.25, 0.3) is 0 Å². The highest BCUT2D eigenvalue weighted by atomic mass is 35.5. The second kappa shape index (κ2) is 11.6. The fourth-order valence-corrected chi connectivity index (χ4v) is 7.04. The number of furan rings is 1. The molecule has 0 aliphatic carbocycles. The van der Waals surface area contributed by atoms with Crippen LogP contribution in [0, 0.1) is 0 Å². The van der Waals surface area contributed by atoms with Crippen molar-refractivity contribution in [2.45, 2.75) is 56.4 Å². The van der Waals surface area contributed by atoms with E-state index in [9.17, 15) is 0 Å². The molecule has 184 valence electrons. The summed E-state index contributed by atoms with van der Waals surface area (Å²) in [4.78, 5) is 0. The molecule has 0 saturated carbocycles. The number of halogens is 2. The van der Waals surface area contributed by atoms with Gasteiger partial charge in [-0.2, -0.15) is 0 Å². The zero-order valence-corrected chi connectivity index (χ0v) is 22.7.